The normalized spacial score (nSPS) is 16.5. The Morgan fingerprint density at radius 1 is 1.72 bits per heavy atom. The largest absolute Gasteiger partial charge is 0.295 e. The van der Waals surface area contributed by atoms with E-state index >= 15 is 0 Å². The van der Waals surface area contributed by atoms with Gasteiger partial charge in [-0.1, -0.05) is 6.58 Å². The third kappa shape index (κ3) is 3.21. The topological polar surface area (TPSA) is 44.9 Å². The summed E-state index contributed by atoms with van der Waals surface area (Å²) in [5, 5.41) is 12.9. The predicted molar refractivity (Wildman–Crippen MR) is 71.4 cm³/mol. The van der Waals surface area contributed by atoms with E-state index in [0.29, 0.717) is 12.5 Å². The lowest BCUT2D eigenvalue weighted by atomic mass is 10.1. The summed E-state index contributed by atoms with van der Waals surface area (Å²) < 4.78 is 1.72. The molecule has 0 aromatic carbocycles. The Morgan fingerprint density at radius 3 is 3.06 bits per heavy atom. The first-order valence-corrected chi connectivity index (χ1v) is 6.51. The van der Waals surface area contributed by atoms with E-state index in [2.05, 4.69) is 29.6 Å². The SMILES string of the molecule is C=Cn1cc(CN(CCC#N)[C@@H](C)C2CC2)cn1. The Bertz CT molecular complexity index is 439. The van der Waals surface area contributed by atoms with Crippen molar-refractivity contribution < 1.29 is 0 Å². The van der Waals surface area contributed by atoms with Crippen LogP contribution in [0.15, 0.2) is 19.0 Å². The Morgan fingerprint density at radius 2 is 2.50 bits per heavy atom. The zero-order chi connectivity index (χ0) is 13.0. The van der Waals surface area contributed by atoms with Crippen LogP contribution in [0.3, 0.4) is 0 Å². The zero-order valence-corrected chi connectivity index (χ0v) is 10.9. The van der Waals surface area contributed by atoms with Gasteiger partial charge in [-0.15, -0.1) is 0 Å². The van der Waals surface area contributed by atoms with Crippen LogP contribution in [0.1, 0.15) is 31.7 Å². The second kappa shape index (κ2) is 5.83. The van der Waals surface area contributed by atoms with Crippen LogP contribution in [-0.4, -0.2) is 27.3 Å². The van der Waals surface area contributed by atoms with Crippen molar-refractivity contribution in [1.29, 1.82) is 5.26 Å². The first-order chi connectivity index (χ1) is 8.74. The maximum absolute atomic E-state index is 8.75. The van der Waals surface area contributed by atoms with Gasteiger partial charge in [0, 0.05) is 43.5 Å². The molecule has 1 fully saturated rings. The number of rotatable bonds is 7. The van der Waals surface area contributed by atoms with Crippen LogP contribution in [0.2, 0.25) is 0 Å². The highest BCUT2D eigenvalue weighted by Gasteiger charge is 2.31. The Kier molecular flexibility index (Phi) is 4.16. The average Bonchev–Trinajstić information content (AvgIpc) is 3.14. The molecular weight excluding hydrogens is 224 g/mol. The summed E-state index contributed by atoms with van der Waals surface area (Å²) >= 11 is 0. The van der Waals surface area contributed by atoms with E-state index < -0.39 is 0 Å². The number of aromatic nitrogens is 2. The molecule has 1 aromatic rings. The molecule has 1 aliphatic rings. The standard InChI is InChI=1S/C14H20N4/c1-3-18-11-13(9-16-18)10-17(8-4-7-15)12(2)14-5-6-14/h3,9,11-12,14H,1,4-6,8,10H2,2H3/t12-/m0/s1. The molecule has 2 rings (SSSR count). The Balaban J connectivity index is 1.99. The summed E-state index contributed by atoms with van der Waals surface area (Å²) in [7, 11) is 0. The first kappa shape index (κ1) is 12.8. The quantitative estimate of drug-likeness (QED) is 0.740. The zero-order valence-electron chi connectivity index (χ0n) is 10.9. The lowest BCUT2D eigenvalue weighted by Gasteiger charge is -2.27. The van der Waals surface area contributed by atoms with Gasteiger partial charge in [0.05, 0.1) is 12.3 Å². The molecule has 4 nitrogen and oxygen atoms in total. The molecule has 96 valence electrons. The van der Waals surface area contributed by atoms with E-state index in [0.717, 1.165) is 19.0 Å². The van der Waals surface area contributed by atoms with Crippen molar-refractivity contribution in [3.05, 3.63) is 24.5 Å². The lowest BCUT2D eigenvalue weighted by molar-refractivity contribution is 0.185. The fraction of sp³-hybridized carbons (Fsp3) is 0.571. The van der Waals surface area contributed by atoms with E-state index in [4.69, 9.17) is 5.26 Å². The summed E-state index contributed by atoms with van der Waals surface area (Å²) in [6, 6.07) is 2.80. The number of nitrogens with zero attached hydrogens (tertiary/aromatic N) is 4. The van der Waals surface area contributed by atoms with Gasteiger partial charge in [-0.25, -0.2) is 4.68 Å². The summed E-state index contributed by atoms with van der Waals surface area (Å²) in [4.78, 5) is 2.39. The molecule has 0 spiro atoms. The Labute approximate surface area is 109 Å². The van der Waals surface area contributed by atoms with Crippen molar-refractivity contribution in [3.8, 4) is 6.07 Å². The molecule has 1 aromatic heterocycles. The van der Waals surface area contributed by atoms with E-state index in [1.165, 1.54) is 18.4 Å². The molecule has 0 aliphatic heterocycles. The highest BCUT2D eigenvalue weighted by Crippen LogP contribution is 2.35. The smallest absolute Gasteiger partial charge is 0.0635 e. The molecule has 1 atom stereocenters. The predicted octanol–water partition coefficient (Wildman–Crippen LogP) is 2.50. The van der Waals surface area contributed by atoms with Gasteiger partial charge in [-0.05, 0) is 25.7 Å². The third-order valence-electron chi connectivity index (χ3n) is 3.62. The van der Waals surface area contributed by atoms with Crippen molar-refractivity contribution >= 4 is 6.20 Å². The van der Waals surface area contributed by atoms with Crippen LogP contribution in [0.5, 0.6) is 0 Å². The van der Waals surface area contributed by atoms with Gasteiger partial charge in [0.2, 0.25) is 0 Å². The molecule has 0 N–H and O–H groups in total. The maximum atomic E-state index is 8.75. The fourth-order valence-corrected chi connectivity index (χ4v) is 2.29. The highest BCUT2D eigenvalue weighted by molar-refractivity contribution is 5.17. The van der Waals surface area contributed by atoms with E-state index in [1.54, 1.807) is 10.9 Å². The minimum absolute atomic E-state index is 0.561. The van der Waals surface area contributed by atoms with Gasteiger partial charge < -0.3 is 0 Å². The van der Waals surface area contributed by atoms with Gasteiger partial charge in [-0.2, -0.15) is 10.4 Å². The molecule has 0 bridgehead atoms. The minimum atomic E-state index is 0.561. The molecule has 1 saturated carbocycles. The van der Waals surface area contributed by atoms with Crippen LogP contribution < -0.4 is 0 Å². The monoisotopic (exact) mass is 244 g/mol. The lowest BCUT2D eigenvalue weighted by Crippen LogP contribution is -2.34. The Hall–Kier alpha value is -1.60. The van der Waals surface area contributed by atoms with Crippen molar-refractivity contribution in [2.75, 3.05) is 6.54 Å². The second-order valence-corrected chi connectivity index (χ2v) is 4.97. The number of hydrogen-bond donors (Lipinski definition) is 0. The van der Waals surface area contributed by atoms with Crippen LogP contribution in [0, 0.1) is 17.2 Å². The molecule has 4 heteroatoms. The third-order valence-corrected chi connectivity index (χ3v) is 3.62. The average molecular weight is 244 g/mol. The minimum Gasteiger partial charge on any atom is -0.295 e. The second-order valence-electron chi connectivity index (χ2n) is 4.97. The number of hydrogen-bond acceptors (Lipinski definition) is 3. The molecule has 0 unspecified atom stereocenters. The van der Waals surface area contributed by atoms with Crippen LogP contribution in [-0.2, 0) is 6.54 Å². The summed E-state index contributed by atoms with van der Waals surface area (Å²) in [6.07, 6.45) is 8.80. The van der Waals surface area contributed by atoms with Crippen LogP contribution in [0.25, 0.3) is 6.20 Å². The molecular formula is C14H20N4. The van der Waals surface area contributed by atoms with Gasteiger partial charge in [0.15, 0.2) is 0 Å². The first-order valence-electron chi connectivity index (χ1n) is 6.51. The van der Waals surface area contributed by atoms with Crippen molar-refractivity contribution in [1.82, 2.24) is 14.7 Å². The molecule has 0 saturated heterocycles. The van der Waals surface area contributed by atoms with Crippen LogP contribution in [0.4, 0.5) is 0 Å². The number of nitriles is 1. The van der Waals surface area contributed by atoms with E-state index in [-0.39, 0.29) is 0 Å². The van der Waals surface area contributed by atoms with E-state index in [1.807, 2.05) is 12.4 Å². The molecule has 0 radical (unpaired) electrons. The van der Waals surface area contributed by atoms with Crippen molar-refractivity contribution in [3.63, 3.8) is 0 Å². The van der Waals surface area contributed by atoms with Gasteiger partial charge in [0.1, 0.15) is 0 Å². The van der Waals surface area contributed by atoms with Gasteiger partial charge in [0.25, 0.3) is 0 Å². The molecule has 1 aliphatic carbocycles. The van der Waals surface area contributed by atoms with Crippen molar-refractivity contribution in [2.24, 2.45) is 5.92 Å². The van der Waals surface area contributed by atoms with Gasteiger partial charge >= 0.3 is 0 Å². The van der Waals surface area contributed by atoms with Gasteiger partial charge in [-0.3, -0.25) is 4.90 Å². The summed E-state index contributed by atoms with van der Waals surface area (Å²) in [5.41, 5.74) is 1.18. The van der Waals surface area contributed by atoms with E-state index in [9.17, 15) is 0 Å². The molecule has 1 heterocycles. The van der Waals surface area contributed by atoms with Crippen molar-refractivity contribution in [2.45, 2.75) is 38.8 Å². The highest BCUT2D eigenvalue weighted by atomic mass is 15.3. The van der Waals surface area contributed by atoms with Crippen LogP contribution >= 0.6 is 0 Å². The summed E-state index contributed by atoms with van der Waals surface area (Å²) in [5.74, 6) is 0.818. The molecule has 0 amide bonds. The summed E-state index contributed by atoms with van der Waals surface area (Å²) in [6.45, 7) is 7.67. The fourth-order valence-electron chi connectivity index (χ4n) is 2.29. The maximum Gasteiger partial charge on any atom is 0.0635 e. The molecule has 18 heavy (non-hydrogen) atoms.